The second-order valence-corrected chi connectivity index (χ2v) is 3.61. The van der Waals surface area contributed by atoms with E-state index in [9.17, 15) is 0 Å². The van der Waals surface area contributed by atoms with Gasteiger partial charge in [-0.2, -0.15) is 0 Å². The smallest absolute Gasteiger partial charge is 0.0638 e. The molecule has 0 fully saturated rings. The summed E-state index contributed by atoms with van der Waals surface area (Å²) in [5.41, 5.74) is 4.67. The van der Waals surface area contributed by atoms with E-state index in [1.807, 2.05) is 33.0 Å². The van der Waals surface area contributed by atoms with Gasteiger partial charge in [0.25, 0.3) is 0 Å². The Labute approximate surface area is 98.0 Å². The molecule has 16 heavy (non-hydrogen) atoms. The zero-order valence-corrected chi connectivity index (χ0v) is 10.8. The van der Waals surface area contributed by atoms with Crippen molar-refractivity contribution < 1.29 is 0 Å². The highest BCUT2D eigenvalue weighted by Crippen LogP contribution is 2.15. The number of pyridine rings is 1. The summed E-state index contributed by atoms with van der Waals surface area (Å²) in [5, 5.41) is 0. The first-order chi connectivity index (χ1) is 7.68. The van der Waals surface area contributed by atoms with Crippen LogP contribution in [0.2, 0.25) is 0 Å². The maximum absolute atomic E-state index is 4.30. The molecule has 0 unspecified atom stereocenters. The predicted molar refractivity (Wildman–Crippen MR) is 69.1 cm³/mol. The van der Waals surface area contributed by atoms with E-state index in [1.54, 1.807) is 0 Å². The van der Waals surface area contributed by atoms with Crippen LogP contribution in [0.5, 0.6) is 0 Å². The topological polar surface area (TPSA) is 17.8 Å². The van der Waals surface area contributed by atoms with E-state index in [-0.39, 0.29) is 0 Å². The van der Waals surface area contributed by atoms with Gasteiger partial charge in [0.15, 0.2) is 0 Å². The summed E-state index contributed by atoms with van der Waals surface area (Å²) < 4.78 is 2.20. The first kappa shape index (κ1) is 12.5. The van der Waals surface area contributed by atoms with E-state index in [2.05, 4.69) is 41.6 Å². The van der Waals surface area contributed by atoms with Gasteiger partial charge in [-0.15, -0.1) is 0 Å². The Morgan fingerprint density at radius 3 is 1.88 bits per heavy atom. The molecule has 86 valence electrons. The molecule has 0 radical (unpaired) electrons. The van der Waals surface area contributed by atoms with E-state index < -0.39 is 0 Å². The average Bonchev–Trinajstić information content (AvgIpc) is 2.63. The van der Waals surface area contributed by atoms with E-state index in [0.717, 1.165) is 11.4 Å². The minimum Gasteiger partial charge on any atom is -0.317 e. The highest BCUT2D eigenvalue weighted by molar-refractivity contribution is 5.35. The van der Waals surface area contributed by atoms with Gasteiger partial charge < -0.3 is 4.57 Å². The molecule has 2 nitrogen and oxygen atoms in total. The molecule has 0 amide bonds. The average molecular weight is 216 g/mol. The Morgan fingerprint density at radius 1 is 0.875 bits per heavy atom. The van der Waals surface area contributed by atoms with Crippen molar-refractivity contribution in [2.45, 2.75) is 34.6 Å². The molecule has 0 bridgehead atoms. The van der Waals surface area contributed by atoms with Crippen molar-refractivity contribution in [2.24, 2.45) is 0 Å². The Bertz CT molecular complexity index is 419. The molecule has 0 aromatic carbocycles. The van der Waals surface area contributed by atoms with Gasteiger partial charge in [0.1, 0.15) is 0 Å². The molecule has 0 atom stereocenters. The Morgan fingerprint density at radius 2 is 1.44 bits per heavy atom. The van der Waals surface area contributed by atoms with Crippen molar-refractivity contribution in [3.8, 4) is 5.69 Å². The first-order valence-corrected chi connectivity index (χ1v) is 5.76. The lowest BCUT2D eigenvalue weighted by Gasteiger charge is -2.08. The SMILES string of the molecule is CC.Cc1ccc(-n2c(C)ccc2C)cn1. The zero-order valence-electron chi connectivity index (χ0n) is 10.8. The lowest BCUT2D eigenvalue weighted by atomic mass is 10.3. The van der Waals surface area contributed by atoms with Gasteiger partial charge >= 0.3 is 0 Å². The van der Waals surface area contributed by atoms with Crippen molar-refractivity contribution in [1.29, 1.82) is 0 Å². The minimum absolute atomic E-state index is 1.05. The van der Waals surface area contributed by atoms with Gasteiger partial charge in [-0.25, -0.2) is 0 Å². The molecule has 2 aromatic heterocycles. The monoisotopic (exact) mass is 216 g/mol. The van der Waals surface area contributed by atoms with Crippen LogP contribution in [0.15, 0.2) is 30.5 Å². The van der Waals surface area contributed by atoms with Crippen LogP contribution in [-0.2, 0) is 0 Å². The lowest BCUT2D eigenvalue weighted by molar-refractivity contribution is 0.951. The number of rotatable bonds is 1. The molecule has 2 rings (SSSR count). The molecule has 0 aliphatic rings. The second kappa shape index (κ2) is 5.50. The molecule has 0 saturated heterocycles. The maximum atomic E-state index is 4.30. The molecule has 2 aromatic rings. The second-order valence-electron chi connectivity index (χ2n) is 3.61. The highest BCUT2D eigenvalue weighted by atomic mass is 15.0. The molecular weight excluding hydrogens is 196 g/mol. The molecule has 0 aliphatic heterocycles. The standard InChI is InChI=1S/C12H14N2.C2H6/c1-9-4-7-12(8-13-9)14-10(2)5-6-11(14)3;1-2/h4-8H,1-3H3;1-2H3. The largest absolute Gasteiger partial charge is 0.317 e. The fraction of sp³-hybridized carbons (Fsp3) is 0.357. The Balaban J connectivity index is 0.000000606. The third kappa shape index (κ3) is 2.51. The molecule has 0 N–H and O–H groups in total. The van der Waals surface area contributed by atoms with Gasteiger partial charge in [-0.1, -0.05) is 13.8 Å². The van der Waals surface area contributed by atoms with Crippen LogP contribution >= 0.6 is 0 Å². The minimum atomic E-state index is 1.05. The molecule has 0 aliphatic carbocycles. The maximum Gasteiger partial charge on any atom is 0.0638 e. The van der Waals surface area contributed by atoms with Gasteiger partial charge in [0.05, 0.1) is 11.9 Å². The predicted octanol–water partition coefficient (Wildman–Crippen LogP) is 3.82. The van der Waals surface area contributed by atoms with Gasteiger partial charge in [0.2, 0.25) is 0 Å². The van der Waals surface area contributed by atoms with Crippen LogP contribution in [0.4, 0.5) is 0 Å². The van der Waals surface area contributed by atoms with Crippen molar-refractivity contribution in [1.82, 2.24) is 9.55 Å². The molecule has 2 heteroatoms. The normalized spacial score (nSPS) is 9.56. The number of hydrogen-bond acceptors (Lipinski definition) is 1. The lowest BCUT2D eigenvalue weighted by Crippen LogP contribution is -1.99. The summed E-state index contributed by atoms with van der Waals surface area (Å²) in [5.74, 6) is 0. The van der Waals surface area contributed by atoms with Gasteiger partial charge in [0, 0.05) is 17.1 Å². The Hall–Kier alpha value is -1.57. The van der Waals surface area contributed by atoms with Crippen LogP contribution < -0.4 is 0 Å². The van der Waals surface area contributed by atoms with E-state index in [4.69, 9.17) is 0 Å². The third-order valence-corrected chi connectivity index (χ3v) is 2.43. The molecular formula is C14H20N2. The van der Waals surface area contributed by atoms with E-state index in [1.165, 1.54) is 11.4 Å². The summed E-state index contributed by atoms with van der Waals surface area (Å²) in [6.45, 7) is 10.2. The summed E-state index contributed by atoms with van der Waals surface area (Å²) in [7, 11) is 0. The number of nitrogens with zero attached hydrogens (tertiary/aromatic N) is 2. The summed E-state index contributed by atoms with van der Waals surface area (Å²) >= 11 is 0. The van der Waals surface area contributed by atoms with Crippen LogP contribution in [0.3, 0.4) is 0 Å². The van der Waals surface area contributed by atoms with Crippen molar-refractivity contribution in [3.05, 3.63) is 47.5 Å². The quantitative estimate of drug-likeness (QED) is 0.708. The molecule has 2 heterocycles. The van der Waals surface area contributed by atoms with Crippen molar-refractivity contribution in [3.63, 3.8) is 0 Å². The van der Waals surface area contributed by atoms with Crippen LogP contribution in [0.1, 0.15) is 30.9 Å². The van der Waals surface area contributed by atoms with Gasteiger partial charge in [-0.05, 0) is 45.0 Å². The summed E-state index contributed by atoms with van der Waals surface area (Å²) in [6, 6.07) is 8.38. The van der Waals surface area contributed by atoms with Crippen molar-refractivity contribution in [2.75, 3.05) is 0 Å². The highest BCUT2D eigenvalue weighted by Gasteiger charge is 2.02. The number of aryl methyl sites for hydroxylation is 3. The zero-order chi connectivity index (χ0) is 12.1. The van der Waals surface area contributed by atoms with Crippen LogP contribution in [-0.4, -0.2) is 9.55 Å². The van der Waals surface area contributed by atoms with Crippen LogP contribution in [0, 0.1) is 20.8 Å². The fourth-order valence-corrected chi connectivity index (χ4v) is 1.67. The number of aromatic nitrogens is 2. The molecule has 0 spiro atoms. The summed E-state index contributed by atoms with van der Waals surface area (Å²) in [6.07, 6.45) is 1.91. The molecule has 0 saturated carbocycles. The number of hydrogen-bond donors (Lipinski definition) is 0. The summed E-state index contributed by atoms with van der Waals surface area (Å²) in [4.78, 5) is 4.30. The Kier molecular flexibility index (Phi) is 4.29. The van der Waals surface area contributed by atoms with Gasteiger partial charge in [-0.3, -0.25) is 4.98 Å². The first-order valence-electron chi connectivity index (χ1n) is 5.76. The van der Waals surface area contributed by atoms with E-state index in [0.29, 0.717) is 0 Å². The van der Waals surface area contributed by atoms with Crippen molar-refractivity contribution >= 4 is 0 Å². The van der Waals surface area contributed by atoms with E-state index >= 15 is 0 Å². The van der Waals surface area contributed by atoms with Crippen LogP contribution in [0.25, 0.3) is 5.69 Å². The third-order valence-electron chi connectivity index (χ3n) is 2.43. The fourth-order valence-electron chi connectivity index (χ4n) is 1.67.